The van der Waals surface area contributed by atoms with Crippen LogP contribution in [0.3, 0.4) is 0 Å². The topological polar surface area (TPSA) is 34.1 Å². The van der Waals surface area contributed by atoms with E-state index in [0.29, 0.717) is 18.8 Å². The Bertz CT molecular complexity index is 372. The summed E-state index contributed by atoms with van der Waals surface area (Å²) >= 11 is 0. The lowest BCUT2D eigenvalue weighted by Crippen LogP contribution is -2.27. The number of alkyl halides is 1. The Kier molecular flexibility index (Phi) is 3.33. The van der Waals surface area contributed by atoms with Gasteiger partial charge in [-0.1, -0.05) is 20.8 Å². The van der Waals surface area contributed by atoms with Gasteiger partial charge in [-0.15, -0.1) is 0 Å². The first kappa shape index (κ1) is 12.3. The Balaban J connectivity index is 2.03. The van der Waals surface area contributed by atoms with Gasteiger partial charge >= 0.3 is 0 Å². The number of aromatic nitrogens is 1. The Morgan fingerprint density at radius 2 is 2.12 bits per heavy atom. The first-order valence-electron chi connectivity index (χ1n) is 5.95. The molecule has 1 saturated heterocycles. The standard InChI is InChI=1S/C13H19FN2O/c1-13(2,3)12-5-4-9(6-16-12)17-11-8-15-7-10(11)14/h4-6,10-11,15H,7-8H2,1-3H3/t10-,11+/m0/s1. The Morgan fingerprint density at radius 1 is 1.35 bits per heavy atom. The van der Waals surface area contributed by atoms with Gasteiger partial charge in [0.05, 0.1) is 6.20 Å². The number of nitrogens with one attached hydrogen (secondary N) is 1. The summed E-state index contributed by atoms with van der Waals surface area (Å²) in [6.45, 7) is 7.25. The molecule has 1 aromatic rings. The summed E-state index contributed by atoms with van der Waals surface area (Å²) in [6.07, 6.45) is 0.348. The van der Waals surface area contributed by atoms with Crippen molar-refractivity contribution in [3.63, 3.8) is 0 Å². The molecule has 0 saturated carbocycles. The molecular weight excluding hydrogens is 219 g/mol. The molecule has 3 nitrogen and oxygen atoms in total. The fourth-order valence-electron chi connectivity index (χ4n) is 1.81. The molecular formula is C13H19FN2O. The van der Waals surface area contributed by atoms with Gasteiger partial charge in [-0.25, -0.2) is 4.39 Å². The van der Waals surface area contributed by atoms with E-state index in [4.69, 9.17) is 4.74 Å². The smallest absolute Gasteiger partial charge is 0.150 e. The first-order valence-corrected chi connectivity index (χ1v) is 5.95. The van der Waals surface area contributed by atoms with E-state index < -0.39 is 12.3 Å². The summed E-state index contributed by atoms with van der Waals surface area (Å²) in [5, 5.41) is 2.96. The summed E-state index contributed by atoms with van der Waals surface area (Å²) in [5.74, 6) is 0.634. The van der Waals surface area contributed by atoms with Gasteiger partial charge in [0.15, 0.2) is 6.17 Å². The predicted octanol–water partition coefficient (Wildman–Crippen LogP) is 2.07. The number of hydrogen-bond donors (Lipinski definition) is 1. The van der Waals surface area contributed by atoms with Gasteiger partial charge in [0.1, 0.15) is 11.9 Å². The quantitative estimate of drug-likeness (QED) is 0.856. The van der Waals surface area contributed by atoms with E-state index >= 15 is 0 Å². The van der Waals surface area contributed by atoms with Crippen LogP contribution in [-0.4, -0.2) is 30.3 Å². The second-order valence-electron chi connectivity index (χ2n) is 5.46. The Hall–Kier alpha value is -1.16. The molecule has 0 amide bonds. The highest BCUT2D eigenvalue weighted by Gasteiger charge is 2.28. The lowest BCUT2D eigenvalue weighted by atomic mass is 9.92. The highest BCUT2D eigenvalue weighted by atomic mass is 19.1. The van der Waals surface area contributed by atoms with Crippen LogP contribution in [0.5, 0.6) is 5.75 Å². The lowest BCUT2D eigenvalue weighted by molar-refractivity contribution is 0.139. The average molecular weight is 238 g/mol. The van der Waals surface area contributed by atoms with Crippen molar-refractivity contribution in [2.45, 2.75) is 38.5 Å². The molecule has 2 atom stereocenters. The van der Waals surface area contributed by atoms with Crippen molar-refractivity contribution in [1.29, 1.82) is 0 Å². The third kappa shape index (κ3) is 2.94. The minimum atomic E-state index is -0.933. The molecule has 1 fully saturated rings. The molecule has 0 unspecified atom stereocenters. The normalized spacial score (nSPS) is 24.9. The van der Waals surface area contributed by atoms with Crippen LogP contribution in [0.2, 0.25) is 0 Å². The summed E-state index contributed by atoms with van der Waals surface area (Å²) in [4.78, 5) is 4.35. The highest BCUT2D eigenvalue weighted by Crippen LogP contribution is 2.22. The maximum Gasteiger partial charge on any atom is 0.150 e. The van der Waals surface area contributed by atoms with Gasteiger partial charge in [0, 0.05) is 24.2 Å². The van der Waals surface area contributed by atoms with Gasteiger partial charge in [0.25, 0.3) is 0 Å². The molecule has 17 heavy (non-hydrogen) atoms. The van der Waals surface area contributed by atoms with Crippen LogP contribution >= 0.6 is 0 Å². The van der Waals surface area contributed by atoms with E-state index in [0.717, 1.165) is 5.69 Å². The van der Waals surface area contributed by atoms with Crippen LogP contribution in [0.1, 0.15) is 26.5 Å². The molecule has 4 heteroatoms. The zero-order valence-corrected chi connectivity index (χ0v) is 10.5. The zero-order valence-electron chi connectivity index (χ0n) is 10.5. The Morgan fingerprint density at radius 3 is 2.59 bits per heavy atom. The van der Waals surface area contributed by atoms with Crippen LogP contribution in [0, 0.1) is 0 Å². The third-order valence-corrected chi connectivity index (χ3v) is 2.88. The molecule has 1 aliphatic heterocycles. The summed E-state index contributed by atoms with van der Waals surface area (Å²) in [5.41, 5.74) is 1.03. The van der Waals surface area contributed by atoms with Crippen LogP contribution in [0.15, 0.2) is 18.3 Å². The van der Waals surface area contributed by atoms with Gasteiger partial charge in [0.2, 0.25) is 0 Å². The van der Waals surface area contributed by atoms with E-state index in [9.17, 15) is 4.39 Å². The lowest BCUT2D eigenvalue weighted by Gasteiger charge is -2.19. The third-order valence-electron chi connectivity index (χ3n) is 2.88. The van der Waals surface area contributed by atoms with Crippen LogP contribution in [0.4, 0.5) is 4.39 Å². The average Bonchev–Trinajstić information content (AvgIpc) is 2.64. The molecule has 1 aliphatic rings. The second kappa shape index (κ2) is 4.61. The second-order valence-corrected chi connectivity index (χ2v) is 5.46. The molecule has 0 radical (unpaired) electrons. The number of halogens is 1. The van der Waals surface area contributed by atoms with Crippen LogP contribution < -0.4 is 10.1 Å². The molecule has 1 N–H and O–H groups in total. The van der Waals surface area contributed by atoms with Crippen molar-refractivity contribution in [3.8, 4) is 5.75 Å². The number of hydrogen-bond acceptors (Lipinski definition) is 3. The van der Waals surface area contributed by atoms with Gasteiger partial charge in [-0.2, -0.15) is 0 Å². The SMILES string of the molecule is CC(C)(C)c1ccc(O[C@@H]2CNC[C@@H]2F)cn1. The first-order chi connectivity index (χ1) is 7.97. The summed E-state index contributed by atoms with van der Waals surface area (Å²) < 4.78 is 18.9. The summed E-state index contributed by atoms with van der Waals surface area (Å²) in [7, 11) is 0. The van der Waals surface area contributed by atoms with Gasteiger partial charge in [-0.3, -0.25) is 4.98 Å². The van der Waals surface area contributed by atoms with Gasteiger partial charge < -0.3 is 10.1 Å². The fraction of sp³-hybridized carbons (Fsp3) is 0.615. The predicted molar refractivity (Wildman–Crippen MR) is 65.1 cm³/mol. The maximum absolute atomic E-state index is 13.3. The van der Waals surface area contributed by atoms with E-state index in [1.54, 1.807) is 6.20 Å². The maximum atomic E-state index is 13.3. The van der Waals surface area contributed by atoms with Crippen molar-refractivity contribution >= 4 is 0 Å². The molecule has 2 heterocycles. The number of pyridine rings is 1. The van der Waals surface area contributed by atoms with Crippen LogP contribution in [0.25, 0.3) is 0 Å². The van der Waals surface area contributed by atoms with Crippen LogP contribution in [-0.2, 0) is 5.41 Å². The molecule has 0 aromatic carbocycles. The van der Waals surface area contributed by atoms with E-state index in [2.05, 4.69) is 31.1 Å². The Labute approximate surface area is 101 Å². The highest BCUT2D eigenvalue weighted by molar-refractivity contribution is 5.23. The largest absolute Gasteiger partial charge is 0.484 e. The molecule has 0 spiro atoms. The minimum absolute atomic E-state index is 0.0239. The zero-order chi connectivity index (χ0) is 12.5. The van der Waals surface area contributed by atoms with Crippen molar-refractivity contribution < 1.29 is 9.13 Å². The molecule has 0 bridgehead atoms. The molecule has 94 valence electrons. The van der Waals surface area contributed by atoms with Crippen molar-refractivity contribution in [1.82, 2.24) is 10.3 Å². The molecule has 0 aliphatic carbocycles. The summed E-state index contributed by atoms with van der Waals surface area (Å²) in [6, 6.07) is 3.80. The van der Waals surface area contributed by atoms with E-state index in [-0.39, 0.29) is 5.41 Å². The van der Waals surface area contributed by atoms with E-state index in [1.165, 1.54) is 0 Å². The molecule has 2 rings (SSSR count). The van der Waals surface area contributed by atoms with Crippen molar-refractivity contribution in [2.75, 3.05) is 13.1 Å². The van der Waals surface area contributed by atoms with Gasteiger partial charge in [-0.05, 0) is 12.1 Å². The molecule has 1 aromatic heterocycles. The van der Waals surface area contributed by atoms with Crippen molar-refractivity contribution in [3.05, 3.63) is 24.0 Å². The number of rotatable bonds is 2. The number of nitrogens with zero attached hydrogens (tertiary/aromatic N) is 1. The van der Waals surface area contributed by atoms with E-state index in [1.807, 2.05) is 12.1 Å². The van der Waals surface area contributed by atoms with Crippen molar-refractivity contribution in [2.24, 2.45) is 0 Å². The number of ether oxygens (including phenoxy) is 1. The monoisotopic (exact) mass is 238 g/mol. The fourth-order valence-corrected chi connectivity index (χ4v) is 1.81. The minimum Gasteiger partial charge on any atom is -0.484 e.